The topological polar surface area (TPSA) is 58.9 Å². The molecule has 0 saturated carbocycles. The van der Waals surface area contributed by atoms with Crippen LogP contribution in [0, 0.1) is 5.92 Å². The smallest absolute Gasteiger partial charge is 0.235 e. The highest BCUT2D eigenvalue weighted by Gasteiger charge is 2.28. The van der Waals surface area contributed by atoms with E-state index < -0.39 is 0 Å². The van der Waals surface area contributed by atoms with Gasteiger partial charge in [0, 0.05) is 18.1 Å². The first-order valence-electron chi connectivity index (χ1n) is 5.25. The zero-order chi connectivity index (χ0) is 11.4. The maximum Gasteiger partial charge on any atom is 0.235 e. The van der Waals surface area contributed by atoms with Crippen LogP contribution in [0.2, 0.25) is 0 Å². The van der Waals surface area contributed by atoms with Crippen LogP contribution in [0.3, 0.4) is 0 Å². The second-order valence-corrected chi connectivity index (χ2v) is 3.85. The molecule has 1 aromatic carbocycles. The molecule has 2 rings (SSSR count). The number of rotatable bonds is 3. The van der Waals surface area contributed by atoms with Crippen molar-refractivity contribution >= 4 is 6.08 Å². The number of benzene rings is 1. The average molecular weight is 219 g/mol. The van der Waals surface area contributed by atoms with E-state index in [9.17, 15) is 9.90 Å². The zero-order valence-corrected chi connectivity index (χ0v) is 8.80. The fourth-order valence-electron chi connectivity index (χ4n) is 2.03. The molecule has 1 aromatic rings. The van der Waals surface area contributed by atoms with Gasteiger partial charge in [0.2, 0.25) is 6.08 Å². The zero-order valence-electron chi connectivity index (χ0n) is 8.80. The van der Waals surface area contributed by atoms with Crippen molar-refractivity contribution in [1.82, 2.24) is 0 Å². The Kier molecular flexibility index (Phi) is 3.34. The summed E-state index contributed by atoms with van der Waals surface area (Å²) in [4.78, 5) is 14.2. The lowest BCUT2D eigenvalue weighted by atomic mass is 9.92. The number of nitrogens with zero attached hydrogens (tertiary/aromatic N) is 1. The molecule has 0 radical (unpaired) electrons. The van der Waals surface area contributed by atoms with Gasteiger partial charge < -0.3 is 9.84 Å². The number of carbonyl (C=O) groups excluding carboxylic acids is 1. The Bertz CT molecular complexity index is 406. The number of aliphatic imine (C=N–C) groups is 1. The quantitative estimate of drug-likeness (QED) is 0.623. The van der Waals surface area contributed by atoms with Gasteiger partial charge in [0.05, 0.1) is 12.6 Å². The van der Waals surface area contributed by atoms with Crippen LogP contribution < -0.4 is 0 Å². The van der Waals surface area contributed by atoms with E-state index in [0.29, 0.717) is 18.8 Å². The Morgan fingerprint density at radius 2 is 2.31 bits per heavy atom. The second-order valence-electron chi connectivity index (χ2n) is 3.85. The predicted molar refractivity (Wildman–Crippen MR) is 57.9 cm³/mol. The second kappa shape index (κ2) is 4.92. The van der Waals surface area contributed by atoms with E-state index in [1.807, 2.05) is 6.07 Å². The summed E-state index contributed by atoms with van der Waals surface area (Å²) in [6, 6.07) is 6.59. The van der Waals surface area contributed by atoms with Gasteiger partial charge in [-0.1, -0.05) is 18.2 Å². The monoisotopic (exact) mass is 219 g/mol. The van der Waals surface area contributed by atoms with Gasteiger partial charge >= 0.3 is 0 Å². The first-order valence-corrected chi connectivity index (χ1v) is 5.25. The van der Waals surface area contributed by atoms with E-state index >= 15 is 0 Å². The lowest BCUT2D eigenvalue weighted by Gasteiger charge is -2.17. The van der Waals surface area contributed by atoms with Crippen LogP contribution in [0.1, 0.15) is 18.0 Å². The van der Waals surface area contributed by atoms with Crippen LogP contribution in [0.25, 0.3) is 0 Å². The van der Waals surface area contributed by atoms with Crippen molar-refractivity contribution in [2.24, 2.45) is 10.9 Å². The third kappa shape index (κ3) is 2.13. The van der Waals surface area contributed by atoms with Gasteiger partial charge in [-0.15, -0.1) is 0 Å². The highest BCUT2D eigenvalue weighted by Crippen LogP contribution is 2.35. The van der Waals surface area contributed by atoms with Crippen LogP contribution in [0.15, 0.2) is 29.3 Å². The van der Waals surface area contributed by atoms with Crippen molar-refractivity contribution in [1.29, 1.82) is 0 Å². The largest absolute Gasteiger partial charge is 0.508 e. The molecule has 84 valence electrons. The minimum atomic E-state index is -0.346. The molecule has 1 heterocycles. The number of phenolic OH excluding ortho intramolecular Hbond substituents is 1. The van der Waals surface area contributed by atoms with Gasteiger partial charge in [-0.05, 0) is 12.5 Å². The van der Waals surface area contributed by atoms with Crippen molar-refractivity contribution in [3.8, 4) is 5.75 Å². The number of aromatic hydroxyl groups is 1. The summed E-state index contributed by atoms with van der Waals surface area (Å²) in [5, 5.41) is 9.74. The molecule has 0 amide bonds. The summed E-state index contributed by atoms with van der Waals surface area (Å²) in [6.07, 6.45) is 2.43. The fourth-order valence-corrected chi connectivity index (χ4v) is 2.03. The molecule has 0 bridgehead atoms. The fraction of sp³-hybridized carbons (Fsp3) is 0.417. The van der Waals surface area contributed by atoms with Crippen LogP contribution in [0.4, 0.5) is 0 Å². The molecule has 0 aliphatic carbocycles. The third-order valence-corrected chi connectivity index (χ3v) is 2.86. The molecule has 2 atom stereocenters. The normalized spacial score (nSPS) is 21.4. The SMILES string of the molecule is O=C=NC(c1ccccc1O)C1CCOC1. The Hall–Kier alpha value is -1.64. The van der Waals surface area contributed by atoms with Gasteiger partial charge in [0.25, 0.3) is 0 Å². The maximum atomic E-state index is 10.4. The lowest BCUT2D eigenvalue weighted by molar-refractivity contribution is 0.180. The van der Waals surface area contributed by atoms with Crippen LogP contribution in [-0.2, 0) is 9.53 Å². The molecule has 4 nitrogen and oxygen atoms in total. The van der Waals surface area contributed by atoms with Crippen molar-refractivity contribution in [2.45, 2.75) is 12.5 Å². The molecule has 4 heteroatoms. The third-order valence-electron chi connectivity index (χ3n) is 2.86. The van der Waals surface area contributed by atoms with Crippen molar-refractivity contribution < 1.29 is 14.6 Å². The molecule has 1 N–H and O–H groups in total. The minimum absolute atomic E-state index is 0.148. The highest BCUT2D eigenvalue weighted by atomic mass is 16.5. The Morgan fingerprint density at radius 3 is 2.94 bits per heavy atom. The number of hydrogen-bond donors (Lipinski definition) is 1. The summed E-state index contributed by atoms with van der Waals surface area (Å²) in [7, 11) is 0. The summed E-state index contributed by atoms with van der Waals surface area (Å²) in [6.45, 7) is 1.26. The molecule has 0 spiro atoms. The molecule has 16 heavy (non-hydrogen) atoms. The van der Waals surface area contributed by atoms with Gasteiger partial charge in [-0.3, -0.25) is 0 Å². The highest BCUT2D eigenvalue weighted by molar-refractivity contribution is 5.40. The van der Waals surface area contributed by atoms with E-state index in [4.69, 9.17) is 4.74 Å². The van der Waals surface area contributed by atoms with Crippen LogP contribution >= 0.6 is 0 Å². The van der Waals surface area contributed by atoms with Gasteiger partial charge in [0.1, 0.15) is 5.75 Å². The van der Waals surface area contributed by atoms with E-state index in [0.717, 1.165) is 6.42 Å². The number of isocyanates is 1. The number of phenols is 1. The van der Waals surface area contributed by atoms with Gasteiger partial charge in [-0.2, -0.15) is 4.99 Å². The van der Waals surface area contributed by atoms with Crippen molar-refractivity contribution in [3.05, 3.63) is 29.8 Å². The molecule has 1 saturated heterocycles. The average Bonchev–Trinajstić information content (AvgIpc) is 2.80. The number of ether oxygens (including phenoxy) is 1. The van der Waals surface area contributed by atoms with Crippen molar-refractivity contribution in [3.63, 3.8) is 0 Å². The summed E-state index contributed by atoms with van der Waals surface area (Å²) < 4.78 is 5.27. The standard InChI is InChI=1S/C12H13NO3/c14-8-13-12(9-5-6-16-7-9)10-3-1-2-4-11(10)15/h1-4,9,12,15H,5-7H2. The Balaban J connectivity index is 2.31. The van der Waals surface area contributed by atoms with E-state index in [2.05, 4.69) is 4.99 Å². The molecule has 2 unspecified atom stereocenters. The van der Waals surface area contributed by atoms with E-state index in [1.54, 1.807) is 24.3 Å². The predicted octanol–water partition coefficient (Wildman–Crippen LogP) is 1.81. The molecule has 0 aromatic heterocycles. The molecule has 1 aliphatic heterocycles. The van der Waals surface area contributed by atoms with Crippen LogP contribution in [-0.4, -0.2) is 24.4 Å². The summed E-state index contributed by atoms with van der Waals surface area (Å²) >= 11 is 0. The van der Waals surface area contributed by atoms with E-state index in [-0.39, 0.29) is 17.7 Å². The van der Waals surface area contributed by atoms with Gasteiger partial charge in [-0.25, -0.2) is 4.79 Å². The molecular weight excluding hydrogens is 206 g/mol. The first-order chi connectivity index (χ1) is 7.83. The molecule has 1 fully saturated rings. The first kappa shape index (κ1) is 10.9. The van der Waals surface area contributed by atoms with Crippen molar-refractivity contribution in [2.75, 3.05) is 13.2 Å². The number of para-hydroxylation sites is 1. The molecular formula is C12H13NO3. The Labute approximate surface area is 93.6 Å². The van der Waals surface area contributed by atoms with E-state index in [1.165, 1.54) is 0 Å². The summed E-state index contributed by atoms with van der Waals surface area (Å²) in [5.74, 6) is 0.313. The molecule has 1 aliphatic rings. The van der Waals surface area contributed by atoms with Gasteiger partial charge in [0.15, 0.2) is 0 Å². The lowest BCUT2D eigenvalue weighted by Crippen LogP contribution is -2.11. The number of hydrogen-bond acceptors (Lipinski definition) is 4. The minimum Gasteiger partial charge on any atom is -0.508 e. The van der Waals surface area contributed by atoms with Crippen LogP contribution in [0.5, 0.6) is 5.75 Å². The summed E-state index contributed by atoms with van der Waals surface area (Å²) in [5.41, 5.74) is 0.668. The Morgan fingerprint density at radius 1 is 1.50 bits per heavy atom. The maximum absolute atomic E-state index is 10.4.